The SMILES string of the molecule is COCc1ccccc1-n1ccc2c1CCCC2N. The first-order valence-electron chi connectivity index (χ1n) is 6.84. The third-order valence-electron chi connectivity index (χ3n) is 3.91. The smallest absolute Gasteiger partial charge is 0.0733 e. The summed E-state index contributed by atoms with van der Waals surface area (Å²) >= 11 is 0. The minimum absolute atomic E-state index is 0.194. The van der Waals surface area contributed by atoms with Gasteiger partial charge >= 0.3 is 0 Å². The average Bonchev–Trinajstić information content (AvgIpc) is 2.85. The molecule has 0 radical (unpaired) electrons. The van der Waals surface area contributed by atoms with E-state index in [0.717, 1.165) is 12.8 Å². The van der Waals surface area contributed by atoms with Crippen LogP contribution in [0.3, 0.4) is 0 Å². The van der Waals surface area contributed by atoms with E-state index in [1.807, 2.05) is 0 Å². The van der Waals surface area contributed by atoms with Gasteiger partial charge in [0.05, 0.1) is 12.3 Å². The van der Waals surface area contributed by atoms with Gasteiger partial charge in [0.25, 0.3) is 0 Å². The first-order valence-corrected chi connectivity index (χ1v) is 6.84. The molecule has 1 heterocycles. The van der Waals surface area contributed by atoms with Gasteiger partial charge in [-0.3, -0.25) is 0 Å². The largest absolute Gasteiger partial charge is 0.380 e. The molecule has 3 nitrogen and oxygen atoms in total. The van der Waals surface area contributed by atoms with Crippen molar-refractivity contribution in [3.63, 3.8) is 0 Å². The second kappa shape index (κ2) is 5.19. The number of methoxy groups -OCH3 is 1. The van der Waals surface area contributed by atoms with Crippen molar-refractivity contribution in [2.24, 2.45) is 5.73 Å². The van der Waals surface area contributed by atoms with E-state index in [1.54, 1.807) is 7.11 Å². The van der Waals surface area contributed by atoms with Gasteiger partial charge in [0.2, 0.25) is 0 Å². The average molecular weight is 256 g/mol. The van der Waals surface area contributed by atoms with Crippen LogP contribution in [-0.4, -0.2) is 11.7 Å². The topological polar surface area (TPSA) is 40.2 Å². The summed E-state index contributed by atoms with van der Waals surface area (Å²) in [5.74, 6) is 0. The fraction of sp³-hybridized carbons (Fsp3) is 0.375. The summed E-state index contributed by atoms with van der Waals surface area (Å²) in [5.41, 5.74) is 11.3. The fourth-order valence-electron chi connectivity index (χ4n) is 2.98. The molecule has 0 spiro atoms. The van der Waals surface area contributed by atoms with Crippen LogP contribution in [-0.2, 0) is 17.8 Å². The fourth-order valence-corrected chi connectivity index (χ4v) is 2.98. The van der Waals surface area contributed by atoms with Crippen LogP contribution >= 0.6 is 0 Å². The minimum atomic E-state index is 0.194. The molecule has 3 heteroatoms. The maximum absolute atomic E-state index is 6.20. The number of aromatic nitrogens is 1. The van der Waals surface area contributed by atoms with Crippen LogP contribution in [0.5, 0.6) is 0 Å². The summed E-state index contributed by atoms with van der Waals surface area (Å²) in [6.07, 6.45) is 5.52. The van der Waals surface area contributed by atoms with Crippen LogP contribution in [0.1, 0.15) is 35.7 Å². The van der Waals surface area contributed by atoms with Crippen LogP contribution in [0.25, 0.3) is 5.69 Å². The number of hydrogen-bond donors (Lipinski definition) is 1. The molecular formula is C16H20N2O. The van der Waals surface area contributed by atoms with Crippen LogP contribution in [0, 0.1) is 0 Å². The Morgan fingerprint density at radius 3 is 3.00 bits per heavy atom. The Morgan fingerprint density at radius 2 is 2.16 bits per heavy atom. The number of para-hydroxylation sites is 1. The van der Waals surface area contributed by atoms with Gasteiger partial charge in [0.1, 0.15) is 0 Å². The Labute approximate surface area is 114 Å². The second-order valence-electron chi connectivity index (χ2n) is 5.15. The van der Waals surface area contributed by atoms with Crippen LogP contribution < -0.4 is 5.73 Å². The lowest BCUT2D eigenvalue weighted by atomic mass is 9.93. The van der Waals surface area contributed by atoms with Crippen LogP contribution in [0.15, 0.2) is 36.5 Å². The van der Waals surface area contributed by atoms with Crippen molar-refractivity contribution in [3.8, 4) is 5.69 Å². The summed E-state index contributed by atoms with van der Waals surface area (Å²) < 4.78 is 7.57. The van der Waals surface area contributed by atoms with Crippen molar-refractivity contribution in [3.05, 3.63) is 53.3 Å². The van der Waals surface area contributed by atoms with Crippen molar-refractivity contribution in [2.75, 3.05) is 7.11 Å². The third kappa shape index (κ3) is 2.20. The number of benzene rings is 1. The van der Waals surface area contributed by atoms with E-state index >= 15 is 0 Å². The minimum Gasteiger partial charge on any atom is -0.380 e. The number of hydrogen-bond acceptors (Lipinski definition) is 2. The molecule has 1 aliphatic rings. The lowest BCUT2D eigenvalue weighted by Crippen LogP contribution is -2.18. The van der Waals surface area contributed by atoms with Gasteiger partial charge in [-0.1, -0.05) is 18.2 Å². The standard InChI is InChI=1S/C16H20N2O/c1-19-11-12-5-2-3-7-15(12)18-10-9-13-14(17)6-4-8-16(13)18/h2-3,5,7,9-10,14H,4,6,8,11,17H2,1H3. The molecule has 0 amide bonds. The molecule has 0 saturated heterocycles. The molecule has 0 aliphatic heterocycles. The van der Waals surface area contributed by atoms with Gasteiger partial charge in [-0.25, -0.2) is 0 Å². The maximum atomic E-state index is 6.20. The summed E-state index contributed by atoms with van der Waals surface area (Å²) in [4.78, 5) is 0. The Bertz CT molecular complexity index is 574. The Hall–Kier alpha value is -1.58. The highest BCUT2D eigenvalue weighted by Gasteiger charge is 2.21. The van der Waals surface area contributed by atoms with Gasteiger partial charge in [-0.15, -0.1) is 0 Å². The summed E-state index contributed by atoms with van der Waals surface area (Å²) in [6.45, 7) is 0.634. The molecule has 1 unspecified atom stereocenters. The summed E-state index contributed by atoms with van der Waals surface area (Å²) in [5, 5.41) is 0. The molecule has 1 aromatic carbocycles. The predicted octanol–water partition coefficient (Wildman–Crippen LogP) is 2.96. The molecule has 0 fully saturated rings. The van der Waals surface area contributed by atoms with Crippen LogP contribution in [0.2, 0.25) is 0 Å². The highest BCUT2D eigenvalue weighted by atomic mass is 16.5. The van der Waals surface area contributed by atoms with Gasteiger partial charge in [0, 0.05) is 30.6 Å². The zero-order valence-corrected chi connectivity index (χ0v) is 11.3. The quantitative estimate of drug-likeness (QED) is 0.917. The van der Waals surface area contributed by atoms with Crippen molar-refractivity contribution in [1.29, 1.82) is 0 Å². The maximum Gasteiger partial charge on any atom is 0.0733 e. The molecule has 2 aromatic rings. The lowest BCUT2D eigenvalue weighted by molar-refractivity contribution is 0.184. The van der Waals surface area contributed by atoms with E-state index in [4.69, 9.17) is 10.5 Å². The molecule has 1 atom stereocenters. The van der Waals surface area contributed by atoms with E-state index in [1.165, 1.54) is 28.9 Å². The number of fused-ring (bicyclic) bond motifs is 1. The number of nitrogens with two attached hydrogens (primary N) is 1. The zero-order valence-electron chi connectivity index (χ0n) is 11.3. The molecule has 2 N–H and O–H groups in total. The number of rotatable bonds is 3. The van der Waals surface area contributed by atoms with E-state index in [2.05, 4.69) is 41.1 Å². The van der Waals surface area contributed by atoms with Gasteiger partial charge in [-0.2, -0.15) is 0 Å². The van der Waals surface area contributed by atoms with E-state index in [0.29, 0.717) is 6.61 Å². The first-order chi connectivity index (χ1) is 9.31. The molecule has 100 valence electrons. The van der Waals surface area contributed by atoms with Crippen molar-refractivity contribution in [2.45, 2.75) is 31.9 Å². The van der Waals surface area contributed by atoms with Gasteiger partial charge in [0.15, 0.2) is 0 Å². The van der Waals surface area contributed by atoms with Crippen LogP contribution in [0.4, 0.5) is 0 Å². The van der Waals surface area contributed by atoms with Crippen molar-refractivity contribution in [1.82, 2.24) is 4.57 Å². The highest BCUT2D eigenvalue weighted by molar-refractivity contribution is 5.45. The molecule has 3 rings (SSSR count). The normalized spacial score (nSPS) is 18.3. The van der Waals surface area contributed by atoms with E-state index < -0.39 is 0 Å². The monoisotopic (exact) mass is 256 g/mol. The summed E-state index contributed by atoms with van der Waals surface area (Å²) in [7, 11) is 1.73. The number of ether oxygens (including phenoxy) is 1. The Balaban J connectivity index is 2.08. The highest BCUT2D eigenvalue weighted by Crippen LogP contribution is 2.31. The van der Waals surface area contributed by atoms with Gasteiger partial charge < -0.3 is 15.0 Å². The Morgan fingerprint density at radius 1 is 1.32 bits per heavy atom. The van der Waals surface area contributed by atoms with E-state index in [-0.39, 0.29) is 6.04 Å². The molecule has 0 saturated carbocycles. The molecule has 19 heavy (non-hydrogen) atoms. The Kier molecular flexibility index (Phi) is 3.40. The molecular weight excluding hydrogens is 236 g/mol. The zero-order chi connectivity index (χ0) is 13.2. The van der Waals surface area contributed by atoms with Gasteiger partial charge in [-0.05, 0) is 37.0 Å². The third-order valence-corrected chi connectivity index (χ3v) is 3.91. The second-order valence-corrected chi connectivity index (χ2v) is 5.15. The van der Waals surface area contributed by atoms with Crippen molar-refractivity contribution < 1.29 is 4.74 Å². The lowest BCUT2D eigenvalue weighted by Gasteiger charge is -2.22. The molecule has 0 bridgehead atoms. The predicted molar refractivity (Wildman–Crippen MR) is 76.3 cm³/mol. The summed E-state index contributed by atoms with van der Waals surface area (Å²) in [6, 6.07) is 10.8. The van der Waals surface area contributed by atoms with Crippen molar-refractivity contribution >= 4 is 0 Å². The molecule has 1 aliphatic carbocycles. The number of nitrogens with zero attached hydrogens (tertiary/aromatic N) is 1. The molecule has 1 aromatic heterocycles. The van der Waals surface area contributed by atoms with E-state index in [9.17, 15) is 0 Å². The first kappa shape index (κ1) is 12.5.